The van der Waals surface area contributed by atoms with Crippen molar-refractivity contribution in [3.05, 3.63) is 210 Å². The average molecular weight is 702 g/mol. The Balaban J connectivity index is 1.22. The van der Waals surface area contributed by atoms with Crippen LogP contribution in [-0.4, -0.2) is 14.5 Å². The van der Waals surface area contributed by atoms with Crippen LogP contribution in [0.3, 0.4) is 0 Å². The largest absolute Gasteiger partial charge is 0.437 e. The fourth-order valence-corrected chi connectivity index (χ4v) is 9.45. The summed E-state index contributed by atoms with van der Waals surface area (Å²) in [6.07, 6.45) is 0. The maximum absolute atomic E-state index is 6.65. The van der Waals surface area contributed by atoms with Gasteiger partial charge in [0.15, 0.2) is 11.6 Å². The van der Waals surface area contributed by atoms with E-state index in [1.54, 1.807) is 0 Å². The minimum absolute atomic E-state index is 0.537. The van der Waals surface area contributed by atoms with Gasteiger partial charge in [-0.05, 0) is 68.4 Å². The van der Waals surface area contributed by atoms with E-state index in [0.717, 1.165) is 44.3 Å². The molecule has 0 spiro atoms. The number of nitrogens with zero attached hydrogens (tertiary/aromatic N) is 3. The van der Waals surface area contributed by atoms with Gasteiger partial charge < -0.3 is 4.42 Å². The Morgan fingerprint density at radius 1 is 0.455 bits per heavy atom. The van der Waals surface area contributed by atoms with Gasteiger partial charge in [-0.15, -0.1) is 0 Å². The molecule has 3 aromatic heterocycles. The number of aromatic nitrogens is 3. The first-order chi connectivity index (χ1) is 27.3. The van der Waals surface area contributed by atoms with Crippen LogP contribution in [0.5, 0.6) is 0 Å². The lowest BCUT2D eigenvalue weighted by molar-refractivity contribution is 0.653. The zero-order valence-corrected chi connectivity index (χ0v) is 29.6. The number of hydrogen-bond donors (Lipinski definition) is 0. The fourth-order valence-electron chi connectivity index (χ4n) is 9.45. The maximum Gasteiger partial charge on any atom is 0.233 e. The zero-order chi connectivity index (χ0) is 36.1. The Bertz CT molecular complexity index is 3280. The first-order valence-electron chi connectivity index (χ1n) is 18.8. The van der Waals surface area contributed by atoms with Gasteiger partial charge in [-0.2, -0.15) is 4.98 Å². The van der Waals surface area contributed by atoms with Crippen molar-refractivity contribution in [1.29, 1.82) is 0 Å². The lowest BCUT2D eigenvalue weighted by Crippen LogP contribution is -2.28. The van der Waals surface area contributed by atoms with Crippen molar-refractivity contribution in [2.24, 2.45) is 0 Å². The first kappa shape index (κ1) is 30.2. The molecule has 0 unspecified atom stereocenters. The smallest absolute Gasteiger partial charge is 0.233 e. The minimum Gasteiger partial charge on any atom is -0.437 e. The molecule has 11 aromatic rings. The van der Waals surface area contributed by atoms with E-state index in [1.165, 1.54) is 49.4 Å². The fraction of sp³-hybridized carbons (Fsp3) is 0.0196. The van der Waals surface area contributed by atoms with Crippen molar-refractivity contribution < 1.29 is 4.42 Å². The molecule has 12 rings (SSSR count). The normalized spacial score (nSPS) is 13.2. The molecule has 4 nitrogen and oxygen atoms in total. The monoisotopic (exact) mass is 701 g/mol. The Hall–Kier alpha value is -7.30. The summed E-state index contributed by atoms with van der Waals surface area (Å²) in [6, 6.07) is 67.3. The van der Waals surface area contributed by atoms with E-state index < -0.39 is 5.41 Å². The average Bonchev–Trinajstić information content (AvgIpc) is 3.89. The van der Waals surface area contributed by atoms with Crippen LogP contribution in [0.15, 0.2) is 192 Å². The molecule has 256 valence electrons. The van der Waals surface area contributed by atoms with Crippen LogP contribution in [0.4, 0.5) is 0 Å². The third-order valence-electron chi connectivity index (χ3n) is 11.7. The summed E-state index contributed by atoms with van der Waals surface area (Å²) < 4.78 is 8.97. The molecule has 4 heteroatoms. The van der Waals surface area contributed by atoms with Crippen LogP contribution in [0, 0.1) is 0 Å². The Morgan fingerprint density at radius 3 is 1.87 bits per heavy atom. The summed E-state index contributed by atoms with van der Waals surface area (Å²) in [7, 11) is 0. The van der Waals surface area contributed by atoms with E-state index in [-0.39, 0.29) is 0 Å². The number of furan rings is 1. The van der Waals surface area contributed by atoms with Crippen molar-refractivity contribution in [2.75, 3.05) is 0 Å². The molecule has 3 heterocycles. The van der Waals surface area contributed by atoms with Gasteiger partial charge in [0.2, 0.25) is 5.71 Å². The highest BCUT2D eigenvalue weighted by molar-refractivity contribution is 6.16. The molecule has 0 aliphatic heterocycles. The second-order valence-corrected chi connectivity index (χ2v) is 14.5. The van der Waals surface area contributed by atoms with Crippen molar-refractivity contribution in [3.63, 3.8) is 0 Å². The third kappa shape index (κ3) is 4.11. The van der Waals surface area contributed by atoms with Crippen LogP contribution in [0.1, 0.15) is 22.3 Å². The Labute approximate surface area is 316 Å². The Morgan fingerprint density at radius 2 is 1.07 bits per heavy atom. The predicted octanol–water partition coefficient (Wildman–Crippen LogP) is 12.7. The quantitative estimate of drug-likeness (QED) is 0.183. The SMILES string of the molecule is c1ccc(C2(c3ccccc3)c3ccccc3-c3c(-c4nc(-n5c6ccccc6c6cc7ccccc7cc65)c5c(n4)oc4ccccc45)cccc32)cc1. The van der Waals surface area contributed by atoms with Gasteiger partial charge in [0.25, 0.3) is 0 Å². The predicted molar refractivity (Wildman–Crippen MR) is 224 cm³/mol. The molecule has 55 heavy (non-hydrogen) atoms. The molecule has 0 saturated heterocycles. The molecular formula is C51H31N3O. The summed E-state index contributed by atoms with van der Waals surface area (Å²) >= 11 is 0. The van der Waals surface area contributed by atoms with Crippen molar-refractivity contribution in [3.8, 4) is 28.3 Å². The van der Waals surface area contributed by atoms with E-state index in [2.05, 4.69) is 180 Å². The van der Waals surface area contributed by atoms with Crippen LogP contribution in [-0.2, 0) is 5.41 Å². The lowest BCUT2D eigenvalue weighted by atomic mass is 9.67. The minimum atomic E-state index is -0.537. The van der Waals surface area contributed by atoms with E-state index in [9.17, 15) is 0 Å². The van der Waals surface area contributed by atoms with Gasteiger partial charge in [0.1, 0.15) is 5.58 Å². The number of hydrogen-bond acceptors (Lipinski definition) is 3. The molecule has 0 radical (unpaired) electrons. The third-order valence-corrected chi connectivity index (χ3v) is 11.7. The lowest BCUT2D eigenvalue weighted by Gasteiger charge is -2.33. The van der Waals surface area contributed by atoms with Crippen LogP contribution >= 0.6 is 0 Å². The second-order valence-electron chi connectivity index (χ2n) is 14.5. The van der Waals surface area contributed by atoms with Crippen LogP contribution in [0.2, 0.25) is 0 Å². The highest BCUT2D eigenvalue weighted by Crippen LogP contribution is 2.58. The topological polar surface area (TPSA) is 43.9 Å². The Kier molecular flexibility index (Phi) is 6.23. The number of rotatable bonds is 4. The zero-order valence-electron chi connectivity index (χ0n) is 29.6. The summed E-state index contributed by atoms with van der Waals surface area (Å²) in [5.41, 5.74) is 11.2. The number of fused-ring (bicyclic) bond motifs is 10. The van der Waals surface area contributed by atoms with Gasteiger partial charge in [0.05, 0.1) is 21.8 Å². The van der Waals surface area contributed by atoms with Gasteiger partial charge in [-0.3, -0.25) is 4.57 Å². The van der Waals surface area contributed by atoms with E-state index in [0.29, 0.717) is 11.5 Å². The summed E-state index contributed by atoms with van der Waals surface area (Å²) in [6.45, 7) is 0. The summed E-state index contributed by atoms with van der Waals surface area (Å²) in [5.74, 6) is 1.42. The molecule has 8 aromatic carbocycles. The van der Waals surface area contributed by atoms with Gasteiger partial charge >= 0.3 is 0 Å². The van der Waals surface area contributed by atoms with Gasteiger partial charge in [-0.1, -0.05) is 164 Å². The first-order valence-corrected chi connectivity index (χ1v) is 18.8. The summed E-state index contributed by atoms with van der Waals surface area (Å²) in [4.78, 5) is 11.0. The molecule has 1 aliphatic carbocycles. The summed E-state index contributed by atoms with van der Waals surface area (Å²) in [5, 5.41) is 6.62. The van der Waals surface area contributed by atoms with Gasteiger partial charge in [0, 0.05) is 21.7 Å². The van der Waals surface area contributed by atoms with E-state index >= 15 is 0 Å². The van der Waals surface area contributed by atoms with Crippen molar-refractivity contribution >= 4 is 54.6 Å². The van der Waals surface area contributed by atoms with E-state index in [4.69, 9.17) is 14.4 Å². The molecule has 0 atom stereocenters. The van der Waals surface area contributed by atoms with Crippen LogP contribution < -0.4 is 0 Å². The highest BCUT2D eigenvalue weighted by atomic mass is 16.3. The highest BCUT2D eigenvalue weighted by Gasteiger charge is 2.47. The second kappa shape index (κ2) is 11.3. The molecule has 0 N–H and O–H groups in total. The molecule has 0 amide bonds. The standard InChI is InChI=1S/C51H31N3O/c1-3-18-34(19-4-1)51(35-20-5-2-6-21-35)41-26-12-9-23-37(41)46-39(25-15-27-42(46)51)48-52-49(47-38-24-11-14-29-45(38)55-50(47)53-48)54-43-28-13-10-22-36(43)40-30-32-16-7-8-17-33(32)31-44(40)54/h1-31H. The van der Waals surface area contributed by atoms with Crippen molar-refractivity contribution in [1.82, 2.24) is 14.5 Å². The molecule has 0 bridgehead atoms. The molecule has 0 fully saturated rings. The van der Waals surface area contributed by atoms with Crippen LogP contribution in [0.25, 0.3) is 83.0 Å². The van der Waals surface area contributed by atoms with E-state index in [1.807, 2.05) is 12.1 Å². The molecular weight excluding hydrogens is 671 g/mol. The molecule has 1 aliphatic rings. The van der Waals surface area contributed by atoms with Crippen molar-refractivity contribution in [2.45, 2.75) is 5.41 Å². The van der Waals surface area contributed by atoms with Gasteiger partial charge in [-0.25, -0.2) is 4.98 Å². The number of benzene rings is 8. The molecule has 0 saturated carbocycles. The number of para-hydroxylation sites is 2. The maximum atomic E-state index is 6.65.